The number of amides is 1. The molecule has 0 aliphatic rings. The van der Waals surface area contributed by atoms with Gasteiger partial charge in [-0.1, -0.05) is 23.7 Å². The normalized spacial score (nSPS) is 10.2. The van der Waals surface area contributed by atoms with Crippen molar-refractivity contribution in [1.29, 1.82) is 0 Å². The first kappa shape index (κ1) is 14.7. The lowest BCUT2D eigenvalue weighted by Gasteiger charge is -2.10. The van der Waals surface area contributed by atoms with E-state index >= 15 is 0 Å². The van der Waals surface area contributed by atoms with E-state index in [1.165, 1.54) is 6.20 Å². The van der Waals surface area contributed by atoms with Crippen LogP contribution in [0.4, 0.5) is 11.5 Å². The quantitative estimate of drug-likeness (QED) is 0.845. The SMILES string of the molecule is CNc1cc(C(=O)Nc2ccccc2SC)c(Cl)cn1. The van der Waals surface area contributed by atoms with Crippen LogP contribution in [0.25, 0.3) is 0 Å². The second-order valence-electron chi connectivity index (χ2n) is 3.95. The molecular weight excluding hydrogens is 294 g/mol. The van der Waals surface area contributed by atoms with E-state index in [1.54, 1.807) is 24.9 Å². The second kappa shape index (κ2) is 6.63. The fraction of sp³-hybridized carbons (Fsp3) is 0.143. The Kier molecular flexibility index (Phi) is 4.87. The Labute approximate surface area is 126 Å². The van der Waals surface area contributed by atoms with Crippen LogP contribution in [-0.4, -0.2) is 24.2 Å². The van der Waals surface area contributed by atoms with E-state index in [4.69, 9.17) is 11.6 Å². The molecule has 104 valence electrons. The number of hydrogen-bond donors (Lipinski definition) is 2. The molecule has 6 heteroatoms. The van der Waals surface area contributed by atoms with Gasteiger partial charge in [0, 0.05) is 18.1 Å². The van der Waals surface area contributed by atoms with Gasteiger partial charge in [0.05, 0.1) is 16.3 Å². The average Bonchev–Trinajstić information content (AvgIpc) is 2.48. The van der Waals surface area contributed by atoms with Gasteiger partial charge in [0.25, 0.3) is 5.91 Å². The number of carbonyl (C=O) groups excluding carboxylic acids is 1. The lowest BCUT2D eigenvalue weighted by atomic mass is 10.2. The van der Waals surface area contributed by atoms with E-state index < -0.39 is 0 Å². The summed E-state index contributed by atoms with van der Waals surface area (Å²) < 4.78 is 0. The van der Waals surface area contributed by atoms with E-state index in [9.17, 15) is 4.79 Å². The lowest BCUT2D eigenvalue weighted by molar-refractivity contribution is 0.102. The van der Waals surface area contributed by atoms with Gasteiger partial charge in [-0.05, 0) is 24.5 Å². The van der Waals surface area contributed by atoms with Crippen molar-refractivity contribution >= 4 is 40.8 Å². The molecule has 0 radical (unpaired) electrons. The number of benzene rings is 1. The van der Waals surface area contributed by atoms with E-state index in [0.717, 1.165) is 10.6 Å². The molecule has 0 saturated carbocycles. The van der Waals surface area contributed by atoms with Crippen molar-refractivity contribution in [3.05, 3.63) is 47.1 Å². The molecule has 0 atom stereocenters. The number of anilines is 2. The van der Waals surface area contributed by atoms with Crippen LogP contribution in [-0.2, 0) is 0 Å². The van der Waals surface area contributed by atoms with Crippen LogP contribution < -0.4 is 10.6 Å². The molecule has 0 aliphatic carbocycles. The number of thioether (sulfide) groups is 1. The molecule has 0 spiro atoms. The van der Waals surface area contributed by atoms with Gasteiger partial charge in [-0.25, -0.2) is 4.98 Å². The Bertz CT molecular complexity index is 634. The number of halogens is 1. The highest BCUT2D eigenvalue weighted by Crippen LogP contribution is 2.26. The summed E-state index contributed by atoms with van der Waals surface area (Å²) in [5.74, 6) is 0.341. The van der Waals surface area contributed by atoms with E-state index in [-0.39, 0.29) is 5.91 Å². The molecule has 2 rings (SSSR count). The molecule has 1 heterocycles. The first-order valence-electron chi connectivity index (χ1n) is 5.93. The molecular formula is C14H14ClN3OS. The molecule has 1 aromatic carbocycles. The van der Waals surface area contributed by atoms with Crippen molar-refractivity contribution in [3.8, 4) is 0 Å². The number of carbonyl (C=O) groups is 1. The third-order valence-electron chi connectivity index (χ3n) is 2.71. The molecule has 20 heavy (non-hydrogen) atoms. The van der Waals surface area contributed by atoms with Crippen molar-refractivity contribution in [2.24, 2.45) is 0 Å². The largest absolute Gasteiger partial charge is 0.373 e. The van der Waals surface area contributed by atoms with Gasteiger partial charge in [-0.3, -0.25) is 4.79 Å². The van der Waals surface area contributed by atoms with Gasteiger partial charge in [0.1, 0.15) is 5.82 Å². The molecule has 0 aliphatic heterocycles. The second-order valence-corrected chi connectivity index (χ2v) is 5.21. The molecule has 0 fully saturated rings. The third-order valence-corrected chi connectivity index (χ3v) is 3.81. The van der Waals surface area contributed by atoms with Crippen LogP contribution >= 0.6 is 23.4 Å². The minimum absolute atomic E-state index is 0.254. The van der Waals surface area contributed by atoms with Crippen LogP contribution in [0, 0.1) is 0 Å². The lowest BCUT2D eigenvalue weighted by Crippen LogP contribution is -2.13. The van der Waals surface area contributed by atoms with Gasteiger partial charge in [0.2, 0.25) is 0 Å². The van der Waals surface area contributed by atoms with Crippen molar-refractivity contribution in [3.63, 3.8) is 0 Å². The highest BCUT2D eigenvalue weighted by Gasteiger charge is 2.13. The number of aromatic nitrogens is 1. The summed E-state index contributed by atoms with van der Waals surface area (Å²) in [5.41, 5.74) is 1.16. The molecule has 2 N–H and O–H groups in total. The number of rotatable bonds is 4. The Morgan fingerprint density at radius 1 is 1.35 bits per heavy atom. The van der Waals surface area contributed by atoms with Gasteiger partial charge in [0.15, 0.2) is 0 Å². The smallest absolute Gasteiger partial charge is 0.257 e. The molecule has 0 unspecified atom stereocenters. The summed E-state index contributed by atoms with van der Waals surface area (Å²) in [6.45, 7) is 0. The molecule has 1 amide bonds. The maximum Gasteiger partial charge on any atom is 0.257 e. The van der Waals surface area contributed by atoms with Crippen LogP contribution in [0.15, 0.2) is 41.4 Å². The highest BCUT2D eigenvalue weighted by atomic mass is 35.5. The summed E-state index contributed by atoms with van der Waals surface area (Å²) in [7, 11) is 1.74. The summed E-state index contributed by atoms with van der Waals surface area (Å²) >= 11 is 7.60. The standard InChI is InChI=1S/C14H14ClN3OS/c1-16-13-7-9(10(15)8-17-13)14(19)18-11-5-3-4-6-12(11)20-2/h3-8H,1-2H3,(H,16,17)(H,18,19). The molecule has 1 aromatic heterocycles. The molecule has 0 bridgehead atoms. The minimum atomic E-state index is -0.254. The number of pyridine rings is 1. The maximum absolute atomic E-state index is 12.3. The average molecular weight is 308 g/mol. The van der Waals surface area contributed by atoms with Crippen LogP contribution in [0.5, 0.6) is 0 Å². The summed E-state index contributed by atoms with van der Waals surface area (Å²) in [6.07, 6.45) is 3.42. The van der Waals surface area contributed by atoms with Crippen molar-refractivity contribution in [2.75, 3.05) is 23.9 Å². The van der Waals surface area contributed by atoms with E-state index in [1.807, 2.05) is 30.5 Å². The van der Waals surface area contributed by atoms with E-state index in [2.05, 4.69) is 15.6 Å². The number of nitrogens with one attached hydrogen (secondary N) is 2. The number of hydrogen-bond acceptors (Lipinski definition) is 4. The fourth-order valence-corrected chi connectivity index (χ4v) is 2.43. The van der Waals surface area contributed by atoms with Gasteiger partial charge < -0.3 is 10.6 Å². The molecule has 0 saturated heterocycles. The Hall–Kier alpha value is -1.72. The predicted octanol–water partition coefficient (Wildman–Crippen LogP) is 3.75. The van der Waals surface area contributed by atoms with Crippen LogP contribution in [0.3, 0.4) is 0 Å². The Morgan fingerprint density at radius 3 is 2.80 bits per heavy atom. The van der Waals surface area contributed by atoms with Crippen molar-refractivity contribution in [1.82, 2.24) is 4.98 Å². The zero-order valence-corrected chi connectivity index (χ0v) is 12.7. The fourth-order valence-electron chi connectivity index (χ4n) is 1.69. The summed E-state index contributed by atoms with van der Waals surface area (Å²) in [4.78, 5) is 17.4. The first-order chi connectivity index (χ1) is 9.65. The summed E-state index contributed by atoms with van der Waals surface area (Å²) in [6, 6.07) is 9.24. The zero-order chi connectivity index (χ0) is 14.5. The van der Waals surface area contributed by atoms with Crippen LogP contribution in [0.2, 0.25) is 5.02 Å². The highest BCUT2D eigenvalue weighted by molar-refractivity contribution is 7.98. The van der Waals surface area contributed by atoms with Crippen molar-refractivity contribution in [2.45, 2.75) is 4.90 Å². The van der Waals surface area contributed by atoms with Crippen molar-refractivity contribution < 1.29 is 4.79 Å². The maximum atomic E-state index is 12.3. The topological polar surface area (TPSA) is 54.0 Å². The predicted molar refractivity (Wildman–Crippen MR) is 85.0 cm³/mol. The minimum Gasteiger partial charge on any atom is -0.373 e. The molecule has 4 nitrogen and oxygen atoms in total. The van der Waals surface area contributed by atoms with Gasteiger partial charge in [-0.15, -0.1) is 11.8 Å². The number of para-hydroxylation sites is 1. The Balaban J connectivity index is 2.28. The zero-order valence-electron chi connectivity index (χ0n) is 11.1. The first-order valence-corrected chi connectivity index (χ1v) is 7.53. The monoisotopic (exact) mass is 307 g/mol. The van der Waals surface area contributed by atoms with Gasteiger partial charge in [-0.2, -0.15) is 0 Å². The van der Waals surface area contributed by atoms with Gasteiger partial charge >= 0.3 is 0 Å². The third kappa shape index (κ3) is 3.23. The molecule has 2 aromatic rings. The number of nitrogens with zero attached hydrogens (tertiary/aromatic N) is 1. The van der Waals surface area contributed by atoms with Crippen LogP contribution in [0.1, 0.15) is 10.4 Å². The summed E-state index contributed by atoms with van der Waals surface area (Å²) in [5, 5.41) is 6.07. The Morgan fingerprint density at radius 2 is 2.10 bits per heavy atom. The van der Waals surface area contributed by atoms with E-state index in [0.29, 0.717) is 16.4 Å².